The maximum Gasteiger partial charge on any atom is 0.244 e. The average Bonchev–Trinajstić information content (AvgIpc) is 2.67. The Kier molecular flexibility index (Phi) is 7.89. The second kappa shape index (κ2) is 9.98. The number of hydrogen-bond donors (Lipinski definition) is 1. The number of aryl methyl sites for hydroxylation is 4. The molecule has 0 aromatic heterocycles. The minimum atomic E-state index is -3.65. The van der Waals surface area contributed by atoms with E-state index in [0.717, 1.165) is 34.3 Å². The van der Waals surface area contributed by atoms with E-state index >= 15 is 0 Å². The van der Waals surface area contributed by atoms with Gasteiger partial charge in [-0.1, -0.05) is 25.1 Å². The van der Waals surface area contributed by atoms with Crippen LogP contribution in [0.1, 0.15) is 35.6 Å². The quantitative estimate of drug-likeness (QED) is 0.614. The first-order valence-corrected chi connectivity index (χ1v) is 11.9. The van der Waals surface area contributed by atoms with Crippen LogP contribution in [0.3, 0.4) is 0 Å². The predicted molar refractivity (Wildman–Crippen MR) is 122 cm³/mol. The molecule has 0 aliphatic heterocycles. The Balaban J connectivity index is 2.10. The number of ether oxygens (including phenoxy) is 1. The first-order valence-electron chi connectivity index (χ1n) is 10.1. The molecule has 164 valence electrons. The van der Waals surface area contributed by atoms with Crippen molar-refractivity contribution in [1.29, 1.82) is 0 Å². The third kappa shape index (κ3) is 5.98. The number of anilines is 1. The number of benzene rings is 2. The molecule has 0 unspecified atom stereocenters. The molecule has 1 atom stereocenters. The summed E-state index contributed by atoms with van der Waals surface area (Å²) in [6, 6.07) is 10.5. The molecule has 0 heterocycles. The molecule has 2 aromatic carbocycles. The van der Waals surface area contributed by atoms with Gasteiger partial charge in [0, 0.05) is 0 Å². The fourth-order valence-corrected chi connectivity index (χ4v) is 4.44. The summed E-state index contributed by atoms with van der Waals surface area (Å²) in [5, 5.41) is 2.82. The first kappa shape index (κ1) is 23.7. The molecule has 0 fully saturated rings. The fraction of sp³-hybridized carbons (Fsp3) is 0.435. The lowest BCUT2D eigenvalue weighted by atomic mass is 10.1. The van der Waals surface area contributed by atoms with Crippen LogP contribution < -0.4 is 14.4 Å². The van der Waals surface area contributed by atoms with Crippen LogP contribution in [0.5, 0.6) is 5.75 Å². The van der Waals surface area contributed by atoms with Crippen molar-refractivity contribution in [2.75, 3.05) is 23.7 Å². The smallest absolute Gasteiger partial charge is 0.244 e. The summed E-state index contributed by atoms with van der Waals surface area (Å²) in [5.41, 5.74) is 4.65. The normalized spacial score (nSPS) is 12.3. The third-order valence-corrected chi connectivity index (χ3v) is 6.26. The Bertz CT molecular complexity index is 1000. The Hall–Kier alpha value is -2.54. The minimum absolute atomic E-state index is 0.285. The van der Waals surface area contributed by atoms with Gasteiger partial charge in [-0.05, 0) is 74.6 Å². The van der Waals surface area contributed by atoms with E-state index in [9.17, 15) is 13.2 Å². The van der Waals surface area contributed by atoms with E-state index in [2.05, 4.69) is 5.32 Å². The van der Waals surface area contributed by atoms with E-state index < -0.39 is 16.1 Å². The van der Waals surface area contributed by atoms with Gasteiger partial charge in [-0.25, -0.2) is 8.42 Å². The highest BCUT2D eigenvalue weighted by Gasteiger charge is 2.31. The first-order chi connectivity index (χ1) is 14.0. The topological polar surface area (TPSA) is 75.7 Å². The van der Waals surface area contributed by atoms with Crippen molar-refractivity contribution in [1.82, 2.24) is 5.32 Å². The van der Waals surface area contributed by atoms with Gasteiger partial charge < -0.3 is 10.1 Å². The van der Waals surface area contributed by atoms with E-state index in [1.54, 1.807) is 19.1 Å². The number of carbonyl (C=O) groups excluding carboxylic acids is 1. The van der Waals surface area contributed by atoms with Crippen molar-refractivity contribution in [2.24, 2.45) is 0 Å². The lowest BCUT2D eigenvalue weighted by molar-refractivity contribution is -0.122. The zero-order chi connectivity index (χ0) is 22.5. The molecule has 7 heteroatoms. The summed E-state index contributed by atoms with van der Waals surface area (Å²) in [7, 11) is -3.65. The lowest BCUT2D eigenvalue weighted by Crippen LogP contribution is -2.50. The molecule has 0 bridgehead atoms. The zero-order valence-electron chi connectivity index (χ0n) is 18.7. The van der Waals surface area contributed by atoms with Crippen LogP contribution >= 0.6 is 0 Å². The van der Waals surface area contributed by atoms with Gasteiger partial charge >= 0.3 is 0 Å². The Morgan fingerprint density at radius 1 is 1.03 bits per heavy atom. The van der Waals surface area contributed by atoms with Crippen LogP contribution in [0.2, 0.25) is 0 Å². The van der Waals surface area contributed by atoms with Gasteiger partial charge in [0.05, 0.1) is 18.5 Å². The maximum atomic E-state index is 12.8. The molecule has 6 nitrogen and oxygen atoms in total. The SMILES string of the molecule is CC[C@H](C(=O)NCCOc1cc(C)ccc1C)N(c1ccc(C)c(C)c1)S(C)(=O)=O. The van der Waals surface area contributed by atoms with Gasteiger partial charge in [0.15, 0.2) is 0 Å². The van der Waals surface area contributed by atoms with Crippen molar-refractivity contribution in [2.45, 2.75) is 47.1 Å². The highest BCUT2D eigenvalue weighted by molar-refractivity contribution is 7.92. The number of amides is 1. The Morgan fingerprint density at radius 3 is 2.30 bits per heavy atom. The molecular formula is C23H32N2O4S. The molecule has 2 aromatic rings. The summed E-state index contributed by atoms with van der Waals surface area (Å²) < 4.78 is 32.1. The highest BCUT2D eigenvalue weighted by Crippen LogP contribution is 2.25. The number of rotatable bonds is 9. The van der Waals surface area contributed by atoms with Gasteiger partial charge in [-0.2, -0.15) is 0 Å². The van der Waals surface area contributed by atoms with Crippen molar-refractivity contribution in [3.63, 3.8) is 0 Å². The molecule has 0 spiro atoms. The van der Waals surface area contributed by atoms with Gasteiger partial charge in [0.25, 0.3) is 0 Å². The zero-order valence-corrected chi connectivity index (χ0v) is 19.5. The maximum absolute atomic E-state index is 12.8. The van der Waals surface area contributed by atoms with Crippen LogP contribution in [0.4, 0.5) is 5.69 Å². The molecule has 2 rings (SSSR count). The molecule has 0 saturated heterocycles. The van der Waals surface area contributed by atoms with Gasteiger partial charge in [-0.15, -0.1) is 0 Å². The van der Waals surface area contributed by atoms with Crippen molar-refractivity contribution < 1.29 is 17.9 Å². The number of hydrogen-bond acceptors (Lipinski definition) is 4. The summed E-state index contributed by atoms with van der Waals surface area (Å²) in [6.45, 7) is 10.2. The fourth-order valence-electron chi connectivity index (χ4n) is 3.24. The molecular weight excluding hydrogens is 400 g/mol. The summed E-state index contributed by atoms with van der Waals surface area (Å²) in [6.07, 6.45) is 1.48. The molecule has 0 aliphatic rings. The van der Waals surface area contributed by atoms with Crippen molar-refractivity contribution >= 4 is 21.6 Å². The van der Waals surface area contributed by atoms with Gasteiger partial charge in [0.2, 0.25) is 15.9 Å². The monoisotopic (exact) mass is 432 g/mol. The predicted octanol–water partition coefficient (Wildman–Crippen LogP) is 3.66. The second-order valence-electron chi connectivity index (χ2n) is 7.66. The third-order valence-electron chi connectivity index (χ3n) is 5.08. The van der Waals surface area contributed by atoms with E-state index in [1.165, 1.54) is 4.31 Å². The Morgan fingerprint density at radius 2 is 1.70 bits per heavy atom. The van der Waals surface area contributed by atoms with Gasteiger partial charge in [0.1, 0.15) is 18.4 Å². The minimum Gasteiger partial charge on any atom is -0.491 e. The van der Waals surface area contributed by atoms with Crippen LogP contribution in [0, 0.1) is 27.7 Å². The number of nitrogens with zero attached hydrogens (tertiary/aromatic N) is 1. The van der Waals surface area contributed by atoms with E-state index in [1.807, 2.05) is 52.0 Å². The van der Waals surface area contributed by atoms with Crippen molar-refractivity contribution in [3.05, 3.63) is 58.7 Å². The van der Waals surface area contributed by atoms with Crippen LogP contribution in [0.25, 0.3) is 0 Å². The lowest BCUT2D eigenvalue weighted by Gasteiger charge is -2.30. The van der Waals surface area contributed by atoms with E-state index in [-0.39, 0.29) is 12.5 Å². The standard InChI is InChI=1S/C23H32N2O4S/c1-7-21(25(30(6,27)28)20-11-10-17(3)19(5)15-20)23(26)24-12-13-29-22-14-16(2)8-9-18(22)4/h8-11,14-15,21H,7,12-13H2,1-6H3,(H,24,26)/t21-/m1/s1. The van der Waals surface area contributed by atoms with E-state index in [4.69, 9.17) is 4.74 Å². The molecule has 1 N–H and O–H groups in total. The number of carbonyl (C=O) groups is 1. The number of nitrogens with one attached hydrogen (secondary N) is 1. The second-order valence-corrected chi connectivity index (χ2v) is 9.52. The summed E-state index contributed by atoms with van der Waals surface area (Å²) in [4.78, 5) is 12.8. The molecule has 1 amide bonds. The Labute approximate surface area is 180 Å². The summed E-state index contributed by atoms with van der Waals surface area (Å²) in [5.74, 6) is 0.440. The van der Waals surface area contributed by atoms with Crippen molar-refractivity contribution in [3.8, 4) is 5.75 Å². The van der Waals surface area contributed by atoms with Crippen LogP contribution in [-0.2, 0) is 14.8 Å². The molecule has 0 aliphatic carbocycles. The van der Waals surface area contributed by atoms with Crippen LogP contribution in [-0.4, -0.2) is 39.8 Å². The molecule has 0 radical (unpaired) electrons. The van der Waals surface area contributed by atoms with E-state index in [0.29, 0.717) is 18.7 Å². The van der Waals surface area contributed by atoms with Gasteiger partial charge in [-0.3, -0.25) is 9.10 Å². The highest BCUT2D eigenvalue weighted by atomic mass is 32.2. The largest absolute Gasteiger partial charge is 0.491 e. The summed E-state index contributed by atoms with van der Waals surface area (Å²) >= 11 is 0. The molecule has 30 heavy (non-hydrogen) atoms. The van der Waals surface area contributed by atoms with Crippen LogP contribution in [0.15, 0.2) is 36.4 Å². The average molecular weight is 433 g/mol. The number of sulfonamides is 1. The molecule has 0 saturated carbocycles.